The standard InChI is InChI=1S/C18H25F2N3O2/c1-12-15(13(2)25-21-12)9-22-7-5-17(10-22)11-23(8-6-18(17,19)20)16(24)14-3-4-14/h14H,3-11H2,1-2H3. The SMILES string of the molecule is Cc1noc(C)c1CN1CCC2(C1)CN(C(=O)C1CC1)CCC2(F)F. The number of nitrogens with zero attached hydrogens (tertiary/aromatic N) is 3. The highest BCUT2D eigenvalue weighted by Crippen LogP contribution is 2.50. The van der Waals surface area contributed by atoms with E-state index >= 15 is 0 Å². The molecule has 1 aromatic rings. The zero-order valence-corrected chi connectivity index (χ0v) is 14.9. The number of likely N-dealkylation sites (tertiary alicyclic amines) is 2. The summed E-state index contributed by atoms with van der Waals surface area (Å²) in [6.45, 7) is 5.62. The fourth-order valence-electron chi connectivity index (χ4n) is 4.35. The lowest BCUT2D eigenvalue weighted by molar-refractivity contribution is -0.172. The first-order valence-electron chi connectivity index (χ1n) is 9.12. The number of amides is 1. The van der Waals surface area contributed by atoms with E-state index in [-0.39, 0.29) is 31.3 Å². The molecule has 1 atom stereocenters. The summed E-state index contributed by atoms with van der Waals surface area (Å²) >= 11 is 0. The van der Waals surface area contributed by atoms with Crippen LogP contribution in [0.1, 0.15) is 42.7 Å². The molecule has 1 spiro atoms. The molecule has 1 saturated carbocycles. The summed E-state index contributed by atoms with van der Waals surface area (Å²) in [6, 6.07) is 0. The van der Waals surface area contributed by atoms with Gasteiger partial charge in [0.2, 0.25) is 5.91 Å². The van der Waals surface area contributed by atoms with Crippen LogP contribution in [0, 0.1) is 25.2 Å². The first-order valence-corrected chi connectivity index (χ1v) is 9.12. The highest BCUT2D eigenvalue weighted by Gasteiger charge is 2.60. The molecule has 1 amide bonds. The lowest BCUT2D eigenvalue weighted by atomic mass is 9.75. The second kappa shape index (κ2) is 5.76. The largest absolute Gasteiger partial charge is 0.361 e. The Morgan fingerprint density at radius 3 is 2.64 bits per heavy atom. The van der Waals surface area contributed by atoms with Gasteiger partial charge in [-0.15, -0.1) is 0 Å². The number of aryl methyl sites for hydroxylation is 2. The van der Waals surface area contributed by atoms with Crippen LogP contribution in [0.3, 0.4) is 0 Å². The third kappa shape index (κ3) is 2.86. The van der Waals surface area contributed by atoms with E-state index in [1.807, 2.05) is 13.8 Å². The van der Waals surface area contributed by atoms with Crippen LogP contribution in [0.25, 0.3) is 0 Å². The van der Waals surface area contributed by atoms with Gasteiger partial charge in [-0.25, -0.2) is 8.78 Å². The van der Waals surface area contributed by atoms with Crippen molar-refractivity contribution < 1.29 is 18.1 Å². The van der Waals surface area contributed by atoms with Crippen LogP contribution >= 0.6 is 0 Å². The van der Waals surface area contributed by atoms with Crippen LogP contribution in [-0.4, -0.2) is 53.0 Å². The van der Waals surface area contributed by atoms with Crippen LogP contribution < -0.4 is 0 Å². The Balaban J connectivity index is 1.50. The molecule has 0 N–H and O–H groups in total. The maximum Gasteiger partial charge on any atom is 0.258 e. The van der Waals surface area contributed by atoms with E-state index in [0.717, 1.165) is 29.9 Å². The molecule has 138 valence electrons. The van der Waals surface area contributed by atoms with Crippen molar-refractivity contribution in [3.05, 3.63) is 17.0 Å². The molecule has 1 unspecified atom stereocenters. The number of halogens is 2. The number of carbonyl (C=O) groups is 1. The fourth-order valence-corrected chi connectivity index (χ4v) is 4.35. The summed E-state index contributed by atoms with van der Waals surface area (Å²) in [5, 5.41) is 3.95. The van der Waals surface area contributed by atoms with Gasteiger partial charge in [-0.2, -0.15) is 0 Å². The summed E-state index contributed by atoms with van der Waals surface area (Å²) in [7, 11) is 0. The Kier molecular flexibility index (Phi) is 3.90. The Morgan fingerprint density at radius 1 is 1.24 bits per heavy atom. The van der Waals surface area contributed by atoms with Crippen LogP contribution in [0.5, 0.6) is 0 Å². The van der Waals surface area contributed by atoms with Gasteiger partial charge in [0, 0.05) is 44.1 Å². The predicted molar refractivity (Wildman–Crippen MR) is 87.2 cm³/mol. The Labute approximate surface area is 146 Å². The number of aromatic nitrogens is 1. The first kappa shape index (κ1) is 16.9. The number of piperidine rings is 1. The third-order valence-corrected chi connectivity index (χ3v) is 6.20. The lowest BCUT2D eigenvalue weighted by Gasteiger charge is -2.46. The molecule has 1 aromatic heterocycles. The normalized spacial score (nSPS) is 29.5. The van der Waals surface area contributed by atoms with Crippen LogP contribution in [0.4, 0.5) is 8.78 Å². The number of carbonyl (C=O) groups excluding carboxylic acids is 1. The van der Waals surface area contributed by atoms with Crippen molar-refractivity contribution in [1.82, 2.24) is 15.0 Å². The second-order valence-corrected chi connectivity index (χ2v) is 8.03. The molecule has 5 nitrogen and oxygen atoms in total. The van der Waals surface area contributed by atoms with Crippen molar-refractivity contribution in [3.8, 4) is 0 Å². The highest BCUT2D eigenvalue weighted by atomic mass is 19.3. The first-order chi connectivity index (χ1) is 11.8. The van der Waals surface area contributed by atoms with E-state index in [1.165, 1.54) is 0 Å². The van der Waals surface area contributed by atoms with Gasteiger partial charge in [0.1, 0.15) is 5.76 Å². The van der Waals surface area contributed by atoms with Gasteiger partial charge >= 0.3 is 0 Å². The van der Waals surface area contributed by atoms with Crippen molar-refractivity contribution in [2.24, 2.45) is 11.3 Å². The molecule has 4 rings (SSSR count). The minimum Gasteiger partial charge on any atom is -0.361 e. The lowest BCUT2D eigenvalue weighted by Crippen LogP contribution is -2.58. The van der Waals surface area contributed by atoms with Crippen LogP contribution in [0.15, 0.2) is 4.52 Å². The van der Waals surface area contributed by atoms with E-state index in [4.69, 9.17) is 4.52 Å². The number of alkyl halides is 2. The second-order valence-electron chi connectivity index (χ2n) is 8.03. The van der Waals surface area contributed by atoms with Crippen LogP contribution in [-0.2, 0) is 11.3 Å². The van der Waals surface area contributed by atoms with Gasteiger partial charge in [0.25, 0.3) is 5.92 Å². The smallest absolute Gasteiger partial charge is 0.258 e. The number of rotatable bonds is 3. The van der Waals surface area contributed by atoms with Crippen molar-refractivity contribution in [2.75, 3.05) is 26.2 Å². The predicted octanol–water partition coefficient (Wildman–Crippen LogP) is 2.76. The molecule has 2 saturated heterocycles. The van der Waals surface area contributed by atoms with Gasteiger partial charge in [0.15, 0.2) is 0 Å². The minimum absolute atomic E-state index is 0.0825. The zero-order valence-electron chi connectivity index (χ0n) is 14.9. The number of hydrogen-bond donors (Lipinski definition) is 0. The van der Waals surface area contributed by atoms with Gasteiger partial charge in [0.05, 0.1) is 11.1 Å². The summed E-state index contributed by atoms with van der Waals surface area (Å²) in [5.41, 5.74) is 0.691. The molecular weight excluding hydrogens is 328 g/mol. The Hall–Kier alpha value is -1.50. The summed E-state index contributed by atoms with van der Waals surface area (Å²) in [4.78, 5) is 16.1. The zero-order chi connectivity index (χ0) is 17.8. The molecule has 0 radical (unpaired) electrons. The molecule has 7 heteroatoms. The maximum absolute atomic E-state index is 14.8. The third-order valence-electron chi connectivity index (χ3n) is 6.20. The van der Waals surface area contributed by atoms with Crippen molar-refractivity contribution >= 4 is 5.91 Å². The molecule has 3 fully saturated rings. The van der Waals surface area contributed by atoms with E-state index < -0.39 is 11.3 Å². The average Bonchev–Trinajstić information content (AvgIpc) is 3.27. The minimum atomic E-state index is -2.72. The monoisotopic (exact) mass is 353 g/mol. The van der Waals surface area contributed by atoms with Gasteiger partial charge in [-0.05, 0) is 39.7 Å². The summed E-state index contributed by atoms with van der Waals surface area (Å²) in [5.74, 6) is -1.80. The summed E-state index contributed by atoms with van der Waals surface area (Å²) < 4.78 is 34.9. The maximum atomic E-state index is 14.8. The quantitative estimate of drug-likeness (QED) is 0.838. The molecular formula is C18H25F2N3O2. The van der Waals surface area contributed by atoms with Crippen LogP contribution in [0.2, 0.25) is 0 Å². The molecule has 2 aliphatic heterocycles. The Bertz CT molecular complexity index is 666. The molecule has 0 bridgehead atoms. The Morgan fingerprint density at radius 2 is 2.00 bits per heavy atom. The fraction of sp³-hybridized carbons (Fsp3) is 0.778. The molecule has 3 heterocycles. The van der Waals surface area contributed by atoms with E-state index in [0.29, 0.717) is 26.1 Å². The van der Waals surface area contributed by atoms with E-state index in [1.54, 1.807) is 4.90 Å². The molecule has 3 aliphatic rings. The number of hydrogen-bond acceptors (Lipinski definition) is 4. The topological polar surface area (TPSA) is 49.6 Å². The molecule has 1 aliphatic carbocycles. The van der Waals surface area contributed by atoms with Gasteiger partial charge in [-0.1, -0.05) is 5.16 Å². The highest BCUT2D eigenvalue weighted by molar-refractivity contribution is 5.81. The molecule has 25 heavy (non-hydrogen) atoms. The average molecular weight is 353 g/mol. The van der Waals surface area contributed by atoms with Gasteiger partial charge < -0.3 is 9.42 Å². The van der Waals surface area contributed by atoms with E-state index in [2.05, 4.69) is 10.1 Å². The van der Waals surface area contributed by atoms with Crippen molar-refractivity contribution in [2.45, 2.75) is 52.0 Å². The summed E-state index contributed by atoms with van der Waals surface area (Å²) in [6.07, 6.45) is 2.04. The van der Waals surface area contributed by atoms with Crippen molar-refractivity contribution in [1.29, 1.82) is 0 Å². The van der Waals surface area contributed by atoms with Gasteiger partial charge in [-0.3, -0.25) is 9.69 Å². The molecule has 0 aromatic carbocycles. The van der Waals surface area contributed by atoms with Crippen molar-refractivity contribution in [3.63, 3.8) is 0 Å². The van der Waals surface area contributed by atoms with E-state index in [9.17, 15) is 13.6 Å².